The van der Waals surface area contributed by atoms with Gasteiger partial charge in [-0.05, 0) is 49.8 Å². The molecule has 20 heavy (non-hydrogen) atoms. The zero-order valence-corrected chi connectivity index (χ0v) is 13.0. The predicted octanol–water partition coefficient (Wildman–Crippen LogP) is 3.61. The summed E-state index contributed by atoms with van der Waals surface area (Å²) < 4.78 is 0. The average molecular weight is 288 g/mol. The van der Waals surface area contributed by atoms with Crippen LogP contribution < -0.4 is 5.32 Å². The van der Waals surface area contributed by atoms with Crippen LogP contribution >= 0.6 is 11.8 Å². The summed E-state index contributed by atoms with van der Waals surface area (Å²) in [5.74, 6) is 0.178. The molecule has 0 radical (unpaired) electrons. The van der Waals surface area contributed by atoms with E-state index in [-0.39, 0.29) is 11.3 Å². The van der Waals surface area contributed by atoms with Crippen molar-refractivity contribution in [3.8, 4) is 0 Å². The number of benzene rings is 1. The quantitative estimate of drug-likeness (QED) is 0.844. The maximum atomic E-state index is 11.9. The van der Waals surface area contributed by atoms with Crippen molar-refractivity contribution in [3.63, 3.8) is 0 Å². The van der Waals surface area contributed by atoms with Crippen LogP contribution in [0.15, 0.2) is 23.1 Å². The van der Waals surface area contributed by atoms with Crippen LogP contribution in [0.3, 0.4) is 0 Å². The van der Waals surface area contributed by atoms with Crippen LogP contribution in [0.25, 0.3) is 10.9 Å². The van der Waals surface area contributed by atoms with Crippen LogP contribution in [-0.4, -0.2) is 17.1 Å². The summed E-state index contributed by atoms with van der Waals surface area (Å²) in [6.07, 6.45) is 4.13. The monoisotopic (exact) mass is 288 g/mol. The number of carbonyl (C=O) groups is 1. The maximum Gasteiger partial charge on any atom is 0.226 e. The third-order valence-electron chi connectivity index (χ3n) is 4.18. The molecular weight excluding hydrogens is 268 g/mol. The Hall–Kier alpha value is -1.42. The highest BCUT2D eigenvalue weighted by atomic mass is 32.2. The molecule has 3 nitrogen and oxygen atoms in total. The Balaban J connectivity index is 1.77. The summed E-state index contributed by atoms with van der Waals surface area (Å²) in [5, 5.41) is 4.24. The fourth-order valence-corrected chi connectivity index (χ4v) is 3.07. The summed E-state index contributed by atoms with van der Waals surface area (Å²) in [6, 6.07) is 6.51. The molecule has 1 aliphatic rings. The lowest BCUT2D eigenvalue weighted by atomic mass is 10.1. The molecule has 0 spiro atoms. The molecule has 4 heteroatoms. The number of nitrogens with one attached hydrogen (secondary N) is 2. The first-order valence-corrected chi connectivity index (χ1v) is 8.19. The topological polar surface area (TPSA) is 44.9 Å². The number of aromatic nitrogens is 1. The zero-order valence-electron chi connectivity index (χ0n) is 12.2. The number of aryl methyl sites for hydroxylation is 1. The minimum atomic E-state index is -0.103. The molecule has 0 aliphatic heterocycles. The van der Waals surface area contributed by atoms with Crippen molar-refractivity contribution in [2.75, 3.05) is 6.26 Å². The van der Waals surface area contributed by atoms with Gasteiger partial charge in [0.05, 0.1) is 6.54 Å². The maximum absolute atomic E-state index is 11.9. The Kier molecular flexibility index (Phi) is 3.28. The van der Waals surface area contributed by atoms with Gasteiger partial charge < -0.3 is 10.3 Å². The van der Waals surface area contributed by atoms with Gasteiger partial charge in [0.15, 0.2) is 0 Å². The summed E-state index contributed by atoms with van der Waals surface area (Å²) in [5.41, 5.74) is 3.39. The van der Waals surface area contributed by atoms with Gasteiger partial charge in [0.25, 0.3) is 0 Å². The van der Waals surface area contributed by atoms with Gasteiger partial charge in [-0.15, -0.1) is 11.8 Å². The largest absolute Gasteiger partial charge is 0.357 e. The summed E-state index contributed by atoms with van der Waals surface area (Å²) in [7, 11) is 0. The van der Waals surface area contributed by atoms with Crippen molar-refractivity contribution < 1.29 is 4.79 Å². The Morgan fingerprint density at radius 1 is 1.40 bits per heavy atom. The lowest BCUT2D eigenvalue weighted by Gasteiger charge is -2.08. The first-order valence-electron chi connectivity index (χ1n) is 6.96. The third kappa shape index (κ3) is 2.44. The number of H-pyrrole nitrogens is 1. The second-order valence-corrected chi connectivity index (χ2v) is 6.80. The van der Waals surface area contributed by atoms with E-state index in [0.717, 1.165) is 24.1 Å². The SMILES string of the molecule is CSc1cc2cc(CNC(=O)C3(C)CC3)[nH]c2cc1C. The fourth-order valence-electron chi connectivity index (χ4n) is 2.45. The Morgan fingerprint density at radius 3 is 2.80 bits per heavy atom. The molecule has 1 heterocycles. The van der Waals surface area contributed by atoms with Gasteiger partial charge in [0, 0.05) is 26.9 Å². The molecule has 0 atom stereocenters. The molecule has 1 aliphatic carbocycles. The molecule has 1 fully saturated rings. The number of hydrogen-bond acceptors (Lipinski definition) is 2. The van der Waals surface area contributed by atoms with Gasteiger partial charge in [-0.1, -0.05) is 6.92 Å². The number of aromatic amines is 1. The molecule has 0 saturated heterocycles. The van der Waals surface area contributed by atoms with Crippen molar-refractivity contribution in [3.05, 3.63) is 29.5 Å². The third-order valence-corrected chi connectivity index (χ3v) is 5.06. The van der Waals surface area contributed by atoms with E-state index < -0.39 is 0 Å². The molecule has 2 N–H and O–H groups in total. The van der Waals surface area contributed by atoms with Gasteiger partial charge in [0.2, 0.25) is 5.91 Å². The van der Waals surface area contributed by atoms with Gasteiger partial charge in [-0.3, -0.25) is 4.79 Å². The van der Waals surface area contributed by atoms with Gasteiger partial charge in [-0.25, -0.2) is 0 Å². The average Bonchev–Trinajstić information content (AvgIpc) is 3.05. The van der Waals surface area contributed by atoms with Crippen molar-refractivity contribution in [1.29, 1.82) is 0 Å². The molecule has 1 aromatic heterocycles. The first-order chi connectivity index (χ1) is 9.51. The predicted molar refractivity (Wildman–Crippen MR) is 84.0 cm³/mol. The van der Waals surface area contributed by atoms with E-state index in [1.165, 1.54) is 15.8 Å². The van der Waals surface area contributed by atoms with Crippen LogP contribution in [0, 0.1) is 12.3 Å². The lowest BCUT2D eigenvalue weighted by molar-refractivity contribution is -0.125. The van der Waals surface area contributed by atoms with E-state index in [4.69, 9.17) is 0 Å². The molecule has 2 aromatic rings. The van der Waals surface area contributed by atoms with Crippen LogP contribution in [0.1, 0.15) is 31.0 Å². The normalized spacial score (nSPS) is 16.4. The zero-order chi connectivity index (χ0) is 14.3. The van der Waals surface area contributed by atoms with E-state index in [1.807, 2.05) is 6.92 Å². The first kappa shape index (κ1) is 13.6. The highest BCUT2D eigenvalue weighted by Crippen LogP contribution is 2.45. The highest BCUT2D eigenvalue weighted by Gasteiger charge is 2.44. The van der Waals surface area contributed by atoms with Gasteiger partial charge in [0.1, 0.15) is 0 Å². The van der Waals surface area contributed by atoms with Crippen molar-refractivity contribution in [2.45, 2.75) is 38.1 Å². The second kappa shape index (κ2) is 4.85. The summed E-state index contributed by atoms with van der Waals surface area (Å²) in [6.45, 7) is 4.74. The van der Waals surface area contributed by atoms with E-state index in [2.05, 4.69) is 41.7 Å². The van der Waals surface area contributed by atoms with Gasteiger partial charge in [-0.2, -0.15) is 0 Å². The Morgan fingerprint density at radius 2 is 2.15 bits per heavy atom. The molecule has 0 unspecified atom stereocenters. The van der Waals surface area contributed by atoms with E-state index in [0.29, 0.717) is 6.54 Å². The Labute approximate surface area is 123 Å². The summed E-state index contributed by atoms with van der Waals surface area (Å²) in [4.78, 5) is 16.6. The van der Waals surface area contributed by atoms with Crippen molar-refractivity contribution in [2.24, 2.45) is 5.41 Å². The Bertz CT molecular complexity index is 670. The fraction of sp³-hybridized carbons (Fsp3) is 0.438. The minimum absolute atomic E-state index is 0.103. The van der Waals surface area contributed by atoms with Crippen LogP contribution in [0.4, 0.5) is 0 Å². The molecule has 106 valence electrons. The van der Waals surface area contributed by atoms with Crippen LogP contribution in [0.5, 0.6) is 0 Å². The molecular formula is C16H20N2OS. The van der Waals surface area contributed by atoms with Crippen molar-refractivity contribution in [1.82, 2.24) is 10.3 Å². The smallest absolute Gasteiger partial charge is 0.226 e. The van der Waals surface area contributed by atoms with E-state index in [9.17, 15) is 4.79 Å². The number of thioether (sulfide) groups is 1. The second-order valence-electron chi connectivity index (χ2n) is 5.95. The highest BCUT2D eigenvalue weighted by molar-refractivity contribution is 7.98. The number of rotatable bonds is 4. The number of amides is 1. The summed E-state index contributed by atoms with van der Waals surface area (Å²) >= 11 is 1.77. The van der Waals surface area contributed by atoms with Crippen LogP contribution in [-0.2, 0) is 11.3 Å². The number of hydrogen-bond donors (Lipinski definition) is 2. The van der Waals surface area contributed by atoms with Crippen LogP contribution in [0.2, 0.25) is 0 Å². The molecule has 1 aromatic carbocycles. The van der Waals surface area contributed by atoms with Gasteiger partial charge >= 0.3 is 0 Å². The molecule has 0 bridgehead atoms. The van der Waals surface area contributed by atoms with E-state index >= 15 is 0 Å². The standard InChI is InChI=1S/C16H20N2OS/c1-10-6-13-11(8-14(10)20-3)7-12(18-13)9-17-15(19)16(2)4-5-16/h6-8,18H,4-5,9H2,1-3H3,(H,17,19). The molecule has 1 amide bonds. The molecule has 1 saturated carbocycles. The molecule has 3 rings (SSSR count). The lowest BCUT2D eigenvalue weighted by Crippen LogP contribution is -2.29. The minimum Gasteiger partial charge on any atom is -0.357 e. The number of fused-ring (bicyclic) bond motifs is 1. The number of carbonyl (C=O) groups excluding carboxylic acids is 1. The van der Waals surface area contributed by atoms with Crippen molar-refractivity contribution >= 4 is 28.6 Å². The van der Waals surface area contributed by atoms with E-state index in [1.54, 1.807) is 11.8 Å².